The maximum absolute atomic E-state index is 14.3. The van der Waals surface area contributed by atoms with E-state index in [0.29, 0.717) is 28.3 Å². The number of carbonyl (C=O) groups excluding carboxylic acids is 3. The average molecular weight is 543 g/mol. The molecule has 200 valence electrons. The Morgan fingerprint density at radius 1 is 0.634 bits per heavy atom. The van der Waals surface area contributed by atoms with E-state index in [9.17, 15) is 18.8 Å². The first-order valence-corrected chi connectivity index (χ1v) is 13.0. The number of anilines is 2. The fourth-order valence-corrected chi connectivity index (χ4v) is 4.80. The number of carbonyl (C=O) groups is 3. The van der Waals surface area contributed by atoms with E-state index in [4.69, 9.17) is 4.74 Å². The largest absolute Gasteiger partial charge is 0.488 e. The smallest absolute Gasteiger partial charge is 0.343 e. The van der Waals surface area contributed by atoms with E-state index >= 15 is 0 Å². The third kappa shape index (κ3) is 4.85. The van der Waals surface area contributed by atoms with Gasteiger partial charge in [-0.2, -0.15) is 0 Å². The Labute approximate surface area is 235 Å². The Morgan fingerprint density at radius 3 is 1.83 bits per heavy atom. The summed E-state index contributed by atoms with van der Waals surface area (Å²) in [6.45, 7) is -0.0617. The van der Waals surface area contributed by atoms with Gasteiger partial charge >= 0.3 is 6.03 Å². The molecule has 1 aliphatic heterocycles. The molecule has 1 fully saturated rings. The number of imide groups is 2. The predicted molar refractivity (Wildman–Crippen MR) is 156 cm³/mol. The first-order valence-electron chi connectivity index (χ1n) is 13.0. The van der Waals surface area contributed by atoms with Crippen molar-refractivity contribution in [2.75, 3.05) is 9.80 Å². The number of hydrogen-bond donors (Lipinski definition) is 0. The molecule has 4 amide bonds. The fraction of sp³-hybridized carbons (Fsp3) is 0.0294. The molecule has 0 radical (unpaired) electrons. The normalized spacial score (nSPS) is 13.6. The van der Waals surface area contributed by atoms with Crippen LogP contribution in [-0.4, -0.2) is 17.8 Å². The van der Waals surface area contributed by atoms with Gasteiger partial charge in [0.1, 0.15) is 23.7 Å². The van der Waals surface area contributed by atoms with Gasteiger partial charge in [-0.3, -0.25) is 9.59 Å². The zero-order chi connectivity index (χ0) is 28.3. The Balaban J connectivity index is 1.51. The second-order valence-electron chi connectivity index (χ2n) is 9.37. The lowest BCUT2D eigenvalue weighted by atomic mass is 9.99. The Kier molecular flexibility index (Phi) is 6.83. The third-order valence-corrected chi connectivity index (χ3v) is 6.84. The summed E-state index contributed by atoms with van der Waals surface area (Å²) in [5.41, 5.74) is 1.27. The van der Waals surface area contributed by atoms with Crippen LogP contribution < -0.4 is 14.5 Å². The average Bonchev–Trinajstić information content (AvgIpc) is 3.00. The van der Waals surface area contributed by atoms with E-state index in [-0.39, 0.29) is 12.2 Å². The van der Waals surface area contributed by atoms with Crippen LogP contribution in [0, 0.1) is 5.82 Å². The van der Waals surface area contributed by atoms with E-state index in [0.717, 1.165) is 20.6 Å². The first-order chi connectivity index (χ1) is 20.0. The predicted octanol–water partition coefficient (Wildman–Crippen LogP) is 7.14. The summed E-state index contributed by atoms with van der Waals surface area (Å²) in [6, 6.07) is 33.5. The maximum atomic E-state index is 14.3. The van der Waals surface area contributed by atoms with Crippen LogP contribution in [0.4, 0.5) is 20.6 Å². The molecule has 0 saturated carbocycles. The molecule has 0 bridgehead atoms. The number of halogens is 1. The lowest BCUT2D eigenvalue weighted by Crippen LogP contribution is -2.57. The van der Waals surface area contributed by atoms with Crippen molar-refractivity contribution in [3.05, 3.63) is 144 Å². The van der Waals surface area contributed by atoms with Crippen molar-refractivity contribution in [3.63, 3.8) is 0 Å². The first kappa shape index (κ1) is 25.7. The molecule has 6 nitrogen and oxygen atoms in total. The summed E-state index contributed by atoms with van der Waals surface area (Å²) in [7, 11) is 0. The van der Waals surface area contributed by atoms with Crippen molar-refractivity contribution in [1.82, 2.24) is 0 Å². The highest BCUT2D eigenvalue weighted by Crippen LogP contribution is 2.34. The minimum atomic E-state index is -0.775. The number of urea groups is 1. The van der Waals surface area contributed by atoms with Crippen LogP contribution in [0.2, 0.25) is 0 Å². The highest BCUT2D eigenvalue weighted by molar-refractivity contribution is 6.46. The van der Waals surface area contributed by atoms with Gasteiger partial charge in [0.25, 0.3) is 11.8 Å². The molecular formula is C34H23FN2O4. The topological polar surface area (TPSA) is 66.9 Å². The standard InChI is InChI=1S/C34H23FN2O4/c35-30-18-10-8-12-24(30)22-41-31-20-19-23-11-7-9-17-27(23)28(31)21-29-32(38)36(25-13-3-1-4-14-25)34(40)37(33(29)39)26-15-5-2-6-16-26/h1-21H,22H2. The summed E-state index contributed by atoms with van der Waals surface area (Å²) in [6.07, 6.45) is 1.46. The number of benzene rings is 5. The zero-order valence-corrected chi connectivity index (χ0v) is 21.7. The molecule has 41 heavy (non-hydrogen) atoms. The number of fused-ring (bicyclic) bond motifs is 1. The number of amides is 4. The van der Waals surface area contributed by atoms with E-state index in [2.05, 4.69) is 0 Å². The molecule has 0 unspecified atom stereocenters. The Morgan fingerprint density at radius 2 is 1.20 bits per heavy atom. The molecule has 6 rings (SSSR count). The molecule has 0 aliphatic carbocycles. The van der Waals surface area contributed by atoms with Crippen LogP contribution >= 0.6 is 0 Å². The summed E-state index contributed by atoms with van der Waals surface area (Å²) in [5.74, 6) is -1.56. The molecule has 0 N–H and O–H groups in total. The summed E-state index contributed by atoms with van der Waals surface area (Å²) in [4.78, 5) is 43.4. The van der Waals surface area contributed by atoms with E-state index < -0.39 is 23.7 Å². The molecule has 1 heterocycles. The van der Waals surface area contributed by atoms with Gasteiger partial charge in [0.15, 0.2) is 0 Å². The number of ether oxygens (including phenoxy) is 1. The van der Waals surface area contributed by atoms with E-state index in [1.54, 1.807) is 84.9 Å². The maximum Gasteiger partial charge on any atom is 0.343 e. The second-order valence-corrected chi connectivity index (χ2v) is 9.37. The second kappa shape index (κ2) is 10.9. The summed E-state index contributed by atoms with van der Waals surface area (Å²) >= 11 is 0. The van der Waals surface area contributed by atoms with Crippen LogP contribution in [0.1, 0.15) is 11.1 Å². The minimum absolute atomic E-state index is 0.0617. The molecule has 0 atom stereocenters. The molecule has 1 aliphatic rings. The van der Waals surface area contributed by atoms with Crippen LogP contribution in [-0.2, 0) is 16.2 Å². The van der Waals surface area contributed by atoms with Gasteiger partial charge in [-0.1, -0.05) is 84.9 Å². The Bertz CT molecular complexity index is 1760. The summed E-state index contributed by atoms with van der Waals surface area (Å²) < 4.78 is 20.4. The summed E-state index contributed by atoms with van der Waals surface area (Å²) in [5, 5.41) is 1.57. The van der Waals surface area contributed by atoms with Gasteiger partial charge in [-0.05, 0) is 53.2 Å². The Hall–Kier alpha value is -5.56. The van der Waals surface area contributed by atoms with Gasteiger partial charge < -0.3 is 4.74 Å². The zero-order valence-electron chi connectivity index (χ0n) is 21.7. The fourth-order valence-electron chi connectivity index (χ4n) is 4.80. The highest BCUT2D eigenvalue weighted by Gasteiger charge is 2.43. The van der Waals surface area contributed by atoms with Crippen molar-refractivity contribution >= 4 is 46.1 Å². The van der Waals surface area contributed by atoms with Crippen LogP contribution in [0.5, 0.6) is 5.75 Å². The van der Waals surface area contributed by atoms with E-state index in [1.165, 1.54) is 12.1 Å². The van der Waals surface area contributed by atoms with Gasteiger partial charge in [-0.25, -0.2) is 19.0 Å². The minimum Gasteiger partial charge on any atom is -0.488 e. The molecule has 5 aromatic carbocycles. The number of nitrogens with zero attached hydrogens (tertiary/aromatic N) is 2. The van der Waals surface area contributed by atoms with Crippen molar-refractivity contribution < 1.29 is 23.5 Å². The lowest BCUT2D eigenvalue weighted by Gasteiger charge is -2.34. The van der Waals surface area contributed by atoms with Crippen LogP contribution in [0.15, 0.2) is 127 Å². The van der Waals surface area contributed by atoms with Crippen molar-refractivity contribution in [2.45, 2.75) is 6.61 Å². The lowest BCUT2D eigenvalue weighted by molar-refractivity contribution is -0.121. The highest BCUT2D eigenvalue weighted by atomic mass is 19.1. The monoisotopic (exact) mass is 542 g/mol. The molecule has 0 aromatic heterocycles. The van der Waals surface area contributed by atoms with Crippen molar-refractivity contribution in [3.8, 4) is 5.75 Å². The number of para-hydroxylation sites is 2. The van der Waals surface area contributed by atoms with Crippen molar-refractivity contribution in [1.29, 1.82) is 0 Å². The number of hydrogen-bond acceptors (Lipinski definition) is 4. The van der Waals surface area contributed by atoms with E-state index in [1.807, 2.05) is 30.3 Å². The number of barbiturate groups is 1. The molecule has 5 aromatic rings. The van der Waals surface area contributed by atoms with Gasteiger partial charge in [0.05, 0.1) is 11.4 Å². The quantitative estimate of drug-likeness (QED) is 0.169. The molecule has 1 saturated heterocycles. The third-order valence-electron chi connectivity index (χ3n) is 6.84. The van der Waals surface area contributed by atoms with Gasteiger partial charge in [0, 0.05) is 11.1 Å². The van der Waals surface area contributed by atoms with Gasteiger partial charge in [0.2, 0.25) is 0 Å². The molecular weight excluding hydrogens is 519 g/mol. The molecule has 0 spiro atoms. The van der Waals surface area contributed by atoms with Crippen molar-refractivity contribution in [2.24, 2.45) is 0 Å². The number of rotatable bonds is 6. The van der Waals surface area contributed by atoms with Crippen LogP contribution in [0.3, 0.4) is 0 Å². The SMILES string of the molecule is O=C1C(=Cc2c(OCc3ccccc3F)ccc3ccccc23)C(=O)N(c2ccccc2)C(=O)N1c1ccccc1. The molecule has 7 heteroatoms. The van der Waals surface area contributed by atoms with Crippen LogP contribution in [0.25, 0.3) is 16.8 Å². The van der Waals surface area contributed by atoms with Gasteiger partial charge in [-0.15, -0.1) is 0 Å².